The van der Waals surface area contributed by atoms with Crippen LogP contribution in [0.5, 0.6) is 5.75 Å². The number of aromatic amines is 1. The number of hydrogen-bond acceptors (Lipinski definition) is 6. The minimum absolute atomic E-state index is 0.00469. The van der Waals surface area contributed by atoms with Crippen LogP contribution in [0.2, 0.25) is 5.02 Å². The summed E-state index contributed by atoms with van der Waals surface area (Å²) < 4.78 is 18.9. The molecule has 1 atom stereocenters. The number of rotatable bonds is 8. The van der Waals surface area contributed by atoms with Crippen molar-refractivity contribution in [3.63, 3.8) is 0 Å². The van der Waals surface area contributed by atoms with Crippen molar-refractivity contribution in [2.45, 2.75) is 39.5 Å². The summed E-state index contributed by atoms with van der Waals surface area (Å²) in [5.74, 6) is 0.357. The average molecular weight is 470 g/mol. The topological polar surface area (TPSA) is 104 Å². The number of carbonyl (C=O) groups is 1. The van der Waals surface area contributed by atoms with E-state index in [0.29, 0.717) is 34.6 Å². The number of carboxylic acids is 1. The first-order valence-corrected chi connectivity index (χ1v) is 10.8. The maximum Gasteiger partial charge on any atom is 0.320 e. The van der Waals surface area contributed by atoms with Crippen molar-refractivity contribution in [3.05, 3.63) is 53.2 Å². The molecule has 2 N–H and O–H groups in total. The summed E-state index contributed by atoms with van der Waals surface area (Å²) in [5.41, 5.74) is 3.10. The molecule has 4 rings (SSSR count). The maximum absolute atomic E-state index is 11.4. The summed E-state index contributed by atoms with van der Waals surface area (Å²) in [6, 6.07) is 10.2. The smallest absolute Gasteiger partial charge is 0.320 e. The van der Waals surface area contributed by atoms with E-state index in [0.717, 1.165) is 22.0 Å². The number of fused-ring (bicyclic) bond motifs is 1. The number of halogens is 1. The number of carboxylic acid groups (broad SMARTS) is 1. The Hall–Kier alpha value is -3.36. The van der Waals surface area contributed by atoms with E-state index in [1.165, 1.54) is 0 Å². The first kappa shape index (κ1) is 21.5. The quantitative estimate of drug-likeness (QED) is 0.364. The first-order chi connectivity index (χ1) is 16.3. The molecule has 0 aliphatic carbocycles. The molecular formula is C24H25ClN4O4. The van der Waals surface area contributed by atoms with Crippen molar-refractivity contribution in [2.75, 3.05) is 7.02 Å². The second kappa shape index (κ2) is 9.25. The van der Waals surface area contributed by atoms with Crippen molar-refractivity contribution in [1.29, 1.82) is 0 Å². The number of ether oxygens (including phenoxy) is 1. The number of aromatic nitrogens is 3. The Kier molecular flexibility index (Phi) is 6.02. The van der Waals surface area contributed by atoms with Crippen LogP contribution in [-0.4, -0.2) is 50.3 Å². The lowest BCUT2D eigenvalue weighted by Gasteiger charge is -2.20. The molecule has 0 amide bonds. The maximum atomic E-state index is 11.4. The highest BCUT2D eigenvalue weighted by Crippen LogP contribution is 2.33. The third-order valence-corrected chi connectivity index (χ3v) is 5.58. The Morgan fingerprint density at radius 3 is 2.85 bits per heavy atom. The Morgan fingerprint density at radius 2 is 2.15 bits per heavy atom. The van der Waals surface area contributed by atoms with Crippen molar-refractivity contribution in [3.8, 4) is 28.6 Å². The van der Waals surface area contributed by atoms with Crippen molar-refractivity contribution >= 4 is 28.5 Å². The monoisotopic (exact) mass is 469 g/mol. The minimum Gasteiger partial charge on any atom is -0.489 e. The highest BCUT2D eigenvalue weighted by molar-refractivity contribution is 6.32. The third-order valence-electron chi connectivity index (χ3n) is 5.29. The van der Waals surface area contributed by atoms with E-state index in [1.54, 1.807) is 24.0 Å². The van der Waals surface area contributed by atoms with E-state index in [4.69, 9.17) is 22.2 Å². The molecule has 0 saturated heterocycles. The van der Waals surface area contributed by atoms with Crippen LogP contribution in [0.15, 0.2) is 47.1 Å². The summed E-state index contributed by atoms with van der Waals surface area (Å²) in [4.78, 5) is 20.7. The molecule has 172 valence electrons. The summed E-state index contributed by atoms with van der Waals surface area (Å²) >= 11 is 6.35. The van der Waals surface area contributed by atoms with Crippen molar-refractivity contribution in [2.24, 2.45) is 0 Å². The standard InChI is InChI=1S/C24H25ClN4O4/c1-13(2)32-20-9-8-15(10-19(20)25)23-27-22(28-33-23)18-7-5-6-17-16(11-26-21(17)18)12-29(4)14(3)24(30)31/h5-11,13-14,26H,12H2,1-4H3,(H,30,31)/t14-/m0/s1/i4D. The number of nitrogens with zero attached hydrogens (tertiary/aromatic N) is 3. The third kappa shape index (κ3) is 4.72. The zero-order valence-electron chi connectivity index (χ0n) is 19.5. The van der Waals surface area contributed by atoms with Gasteiger partial charge < -0.3 is 19.4 Å². The number of hydrogen-bond donors (Lipinski definition) is 2. The molecule has 2 heterocycles. The van der Waals surface area contributed by atoms with Crippen LogP contribution in [0.3, 0.4) is 0 Å². The predicted octanol–water partition coefficient (Wildman–Crippen LogP) is 5.23. The van der Waals surface area contributed by atoms with E-state index in [1.807, 2.05) is 44.3 Å². The Labute approximate surface area is 197 Å². The molecule has 0 spiro atoms. The molecule has 8 nitrogen and oxygen atoms in total. The van der Waals surface area contributed by atoms with Gasteiger partial charge in [0.1, 0.15) is 11.8 Å². The average Bonchev–Trinajstić information content (AvgIpc) is 3.45. The molecule has 0 radical (unpaired) electrons. The van der Waals surface area contributed by atoms with Crippen LogP contribution in [-0.2, 0) is 11.3 Å². The number of likely N-dealkylation sites (N-methyl/N-ethyl adjacent to an activating group) is 1. The molecule has 0 saturated carbocycles. The molecule has 0 aliphatic heterocycles. The molecule has 2 aromatic carbocycles. The van der Waals surface area contributed by atoms with Gasteiger partial charge in [-0.05, 0) is 57.6 Å². The van der Waals surface area contributed by atoms with Gasteiger partial charge in [-0.1, -0.05) is 28.9 Å². The lowest BCUT2D eigenvalue weighted by atomic mass is 10.1. The molecule has 2 aromatic heterocycles. The molecule has 9 heteroatoms. The number of para-hydroxylation sites is 1. The van der Waals surface area contributed by atoms with E-state index >= 15 is 0 Å². The molecule has 0 unspecified atom stereocenters. The number of benzene rings is 2. The second-order valence-electron chi connectivity index (χ2n) is 8.04. The molecule has 0 fully saturated rings. The SMILES string of the molecule is [2H]CN(Cc1c[nH]c2c(-c3noc(-c4ccc(OC(C)C)c(Cl)c4)n3)cccc12)[C@@H](C)C(=O)O. The fraction of sp³-hybridized carbons (Fsp3) is 0.292. The molecule has 33 heavy (non-hydrogen) atoms. The van der Waals surface area contributed by atoms with Crippen molar-refractivity contribution in [1.82, 2.24) is 20.0 Å². The number of aliphatic carboxylic acids is 1. The first-order valence-electron chi connectivity index (χ1n) is 11.1. The number of nitrogens with one attached hydrogen (secondary N) is 1. The van der Waals surface area contributed by atoms with Crippen LogP contribution in [0.4, 0.5) is 0 Å². The van der Waals surface area contributed by atoms with Gasteiger partial charge in [0.15, 0.2) is 0 Å². The van der Waals surface area contributed by atoms with Gasteiger partial charge in [0.25, 0.3) is 5.89 Å². The zero-order chi connectivity index (χ0) is 24.4. The molecule has 0 aliphatic rings. The Balaban J connectivity index is 1.63. The highest BCUT2D eigenvalue weighted by atomic mass is 35.5. The summed E-state index contributed by atoms with van der Waals surface area (Å²) in [6.07, 6.45) is 1.82. The van der Waals surface area contributed by atoms with E-state index in [2.05, 4.69) is 15.1 Å². The van der Waals surface area contributed by atoms with Gasteiger partial charge in [-0.2, -0.15) is 4.98 Å². The molecule has 4 aromatic rings. The fourth-order valence-electron chi connectivity index (χ4n) is 3.48. The lowest BCUT2D eigenvalue weighted by molar-refractivity contribution is -0.142. The van der Waals surface area contributed by atoms with Crippen LogP contribution >= 0.6 is 11.6 Å². The lowest BCUT2D eigenvalue weighted by Crippen LogP contribution is -2.35. The van der Waals surface area contributed by atoms with Crippen molar-refractivity contribution < 1.29 is 20.5 Å². The minimum atomic E-state index is -0.962. The molecule has 0 bridgehead atoms. The molecular weight excluding hydrogens is 444 g/mol. The second-order valence-corrected chi connectivity index (χ2v) is 8.45. The fourth-order valence-corrected chi connectivity index (χ4v) is 3.70. The highest BCUT2D eigenvalue weighted by Gasteiger charge is 2.20. The van der Waals surface area contributed by atoms with Gasteiger partial charge in [-0.3, -0.25) is 9.69 Å². The van der Waals surface area contributed by atoms with E-state index < -0.39 is 12.0 Å². The van der Waals surface area contributed by atoms with Gasteiger partial charge in [0.05, 0.1) is 16.6 Å². The Morgan fingerprint density at radius 1 is 1.33 bits per heavy atom. The van der Waals surface area contributed by atoms with Gasteiger partial charge in [0, 0.05) is 30.6 Å². The summed E-state index contributed by atoms with van der Waals surface area (Å²) in [7, 11) is -0.127. The van der Waals surface area contributed by atoms with Crippen LogP contribution in [0, 0.1) is 0 Å². The summed E-state index contributed by atoms with van der Waals surface area (Å²) in [5, 5.41) is 14.8. The largest absolute Gasteiger partial charge is 0.489 e. The van der Waals surface area contributed by atoms with Gasteiger partial charge in [-0.25, -0.2) is 0 Å². The van der Waals surface area contributed by atoms with Gasteiger partial charge in [-0.15, -0.1) is 0 Å². The van der Waals surface area contributed by atoms with Crippen LogP contribution < -0.4 is 4.74 Å². The van der Waals surface area contributed by atoms with E-state index in [-0.39, 0.29) is 13.1 Å². The normalized spacial score (nSPS) is 13.0. The van der Waals surface area contributed by atoms with Crippen LogP contribution in [0.25, 0.3) is 33.7 Å². The predicted molar refractivity (Wildman–Crippen MR) is 126 cm³/mol. The Bertz CT molecular complexity index is 1320. The number of H-pyrrole nitrogens is 1. The van der Waals surface area contributed by atoms with Gasteiger partial charge >= 0.3 is 5.97 Å². The van der Waals surface area contributed by atoms with E-state index in [9.17, 15) is 9.90 Å². The van der Waals surface area contributed by atoms with Gasteiger partial charge in [0.2, 0.25) is 5.82 Å². The zero-order valence-corrected chi connectivity index (χ0v) is 19.3. The summed E-state index contributed by atoms with van der Waals surface area (Å²) in [6.45, 7) is 5.75. The van der Waals surface area contributed by atoms with Crippen LogP contribution in [0.1, 0.15) is 27.7 Å².